The smallest absolute Gasteiger partial charge is 0.272 e. The Morgan fingerprint density at radius 3 is 2.35 bits per heavy atom. The highest BCUT2D eigenvalue weighted by atomic mass is 35.5. The second kappa shape index (κ2) is 7.57. The SMILES string of the molecule is O=C1C(SCCO)=C(c2ccc(F)cc2)C(=O)N1c1ccc(F)c(Cl)c1. The van der Waals surface area contributed by atoms with E-state index in [0.29, 0.717) is 5.56 Å². The number of aliphatic hydroxyl groups excluding tert-OH is 1. The van der Waals surface area contributed by atoms with E-state index in [-0.39, 0.29) is 33.5 Å². The molecule has 26 heavy (non-hydrogen) atoms. The van der Waals surface area contributed by atoms with Crippen LogP contribution in [0.25, 0.3) is 5.57 Å². The van der Waals surface area contributed by atoms with E-state index in [1.807, 2.05) is 0 Å². The van der Waals surface area contributed by atoms with Gasteiger partial charge in [-0.3, -0.25) is 9.59 Å². The van der Waals surface area contributed by atoms with Crippen molar-refractivity contribution < 1.29 is 23.5 Å². The summed E-state index contributed by atoms with van der Waals surface area (Å²) >= 11 is 6.79. The number of amides is 2. The molecule has 134 valence electrons. The van der Waals surface area contributed by atoms with Crippen molar-refractivity contribution in [1.82, 2.24) is 0 Å². The van der Waals surface area contributed by atoms with Crippen molar-refractivity contribution in [2.75, 3.05) is 17.3 Å². The highest BCUT2D eigenvalue weighted by molar-refractivity contribution is 8.04. The number of hydrogen-bond acceptors (Lipinski definition) is 4. The lowest BCUT2D eigenvalue weighted by Gasteiger charge is -2.15. The van der Waals surface area contributed by atoms with Crippen LogP contribution in [0.5, 0.6) is 0 Å². The van der Waals surface area contributed by atoms with Crippen molar-refractivity contribution in [2.45, 2.75) is 0 Å². The second-order valence-electron chi connectivity index (χ2n) is 5.33. The molecule has 1 heterocycles. The Hall–Kier alpha value is -2.22. The van der Waals surface area contributed by atoms with Crippen LogP contribution in [0, 0.1) is 11.6 Å². The first-order valence-corrected chi connectivity index (χ1v) is 8.88. The fourth-order valence-electron chi connectivity index (χ4n) is 2.52. The topological polar surface area (TPSA) is 57.6 Å². The van der Waals surface area contributed by atoms with E-state index in [1.165, 1.54) is 36.4 Å². The molecule has 1 N–H and O–H groups in total. The molecule has 3 rings (SSSR count). The number of carbonyl (C=O) groups is 2. The molecular formula is C18H12ClF2NO3S. The van der Waals surface area contributed by atoms with Crippen molar-refractivity contribution in [2.24, 2.45) is 0 Å². The summed E-state index contributed by atoms with van der Waals surface area (Å²) in [6.07, 6.45) is 0. The number of anilines is 1. The molecule has 0 unspecified atom stereocenters. The molecule has 0 saturated carbocycles. The van der Waals surface area contributed by atoms with Crippen LogP contribution < -0.4 is 4.90 Å². The average Bonchev–Trinajstić information content (AvgIpc) is 2.86. The fraction of sp³-hybridized carbons (Fsp3) is 0.111. The maximum Gasteiger partial charge on any atom is 0.272 e. The Balaban J connectivity index is 2.07. The van der Waals surface area contributed by atoms with Crippen LogP contribution in [0.2, 0.25) is 5.02 Å². The molecule has 4 nitrogen and oxygen atoms in total. The van der Waals surface area contributed by atoms with Gasteiger partial charge in [0.2, 0.25) is 0 Å². The number of rotatable bonds is 5. The normalized spacial score (nSPS) is 14.5. The number of thioether (sulfide) groups is 1. The molecule has 0 spiro atoms. The summed E-state index contributed by atoms with van der Waals surface area (Å²) in [5.74, 6) is -2.16. The molecule has 2 amide bonds. The van der Waals surface area contributed by atoms with E-state index in [2.05, 4.69) is 0 Å². The maximum absolute atomic E-state index is 13.4. The predicted molar refractivity (Wildman–Crippen MR) is 96.8 cm³/mol. The van der Waals surface area contributed by atoms with Gasteiger partial charge in [0, 0.05) is 5.75 Å². The monoisotopic (exact) mass is 395 g/mol. The van der Waals surface area contributed by atoms with E-state index in [9.17, 15) is 18.4 Å². The van der Waals surface area contributed by atoms with Crippen LogP contribution in [0.15, 0.2) is 47.4 Å². The third kappa shape index (κ3) is 3.38. The van der Waals surface area contributed by atoms with Gasteiger partial charge >= 0.3 is 0 Å². The summed E-state index contributed by atoms with van der Waals surface area (Å²) in [4.78, 5) is 26.7. The predicted octanol–water partition coefficient (Wildman–Crippen LogP) is 3.63. The number of halogens is 3. The Morgan fingerprint density at radius 2 is 1.73 bits per heavy atom. The van der Waals surface area contributed by atoms with Crippen LogP contribution in [0.3, 0.4) is 0 Å². The summed E-state index contributed by atoms with van der Waals surface area (Å²) in [6, 6.07) is 8.70. The largest absolute Gasteiger partial charge is 0.396 e. The van der Waals surface area contributed by atoms with E-state index >= 15 is 0 Å². The van der Waals surface area contributed by atoms with Crippen molar-refractivity contribution in [3.63, 3.8) is 0 Å². The Morgan fingerprint density at radius 1 is 1.04 bits per heavy atom. The van der Waals surface area contributed by atoms with Gasteiger partial charge in [0.15, 0.2) is 0 Å². The third-order valence-corrected chi connectivity index (χ3v) is 5.02. The van der Waals surface area contributed by atoms with Gasteiger partial charge in [0.25, 0.3) is 11.8 Å². The van der Waals surface area contributed by atoms with Gasteiger partial charge in [0.1, 0.15) is 11.6 Å². The first kappa shape index (κ1) is 18.6. The third-order valence-electron chi connectivity index (χ3n) is 3.67. The maximum atomic E-state index is 13.4. The zero-order chi connectivity index (χ0) is 18.8. The van der Waals surface area contributed by atoms with Crippen LogP contribution in [-0.2, 0) is 9.59 Å². The number of imide groups is 1. The molecule has 0 atom stereocenters. The minimum atomic E-state index is -0.670. The summed E-state index contributed by atoms with van der Waals surface area (Å²) in [6.45, 7) is -0.186. The van der Waals surface area contributed by atoms with Crippen molar-refractivity contribution in [3.05, 3.63) is 69.6 Å². The van der Waals surface area contributed by atoms with Crippen molar-refractivity contribution in [1.29, 1.82) is 0 Å². The van der Waals surface area contributed by atoms with E-state index in [0.717, 1.165) is 22.7 Å². The zero-order valence-electron chi connectivity index (χ0n) is 13.2. The molecule has 0 fully saturated rings. The van der Waals surface area contributed by atoms with Crippen LogP contribution in [0.4, 0.5) is 14.5 Å². The minimum Gasteiger partial charge on any atom is -0.396 e. The Bertz CT molecular complexity index is 915. The van der Waals surface area contributed by atoms with E-state index in [1.54, 1.807) is 0 Å². The molecule has 1 aliphatic heterocycles. The van der Waals surface area contributed by atoms with Gasteiger partial charge in [0.05, 0.1) is 27.8 Å². The quantitative estimate of drug-likeness (QED) is 0.785. The van der Waals surface area contributed by atoms with Gasteiger partial charge in [-0.2, -0.15) is 0 Å². The lowest BCUT2D eigenvalue weighted by Crippen LogP contribution is -2.31. The lowest BCUT2D eigenvalue weighted by atomic mass is 10.1. The zero-order valence-corrected chi connectivity index (χ0v) is 14.8. The first-order chi connectivity index (χ1) is 12.4. The summed E-state index contributed by atoms with van der Waals surface area (Å²) in [5, 5.41) is 8.84. The molecule has 2 aromatic rings. The van der Waals surface area contributed by atoms with Crippen LogP contribution >= 0.6 is 23.4 Å². The summed E-state index contributed by atoms with van der Waals surface area (Å²) in [7, 11) is 0. The molecule has 0 aromatic heterocycles. The molecule has 0 radical (unpaired) electrons. The average molecular weight is 396 g/mol. The first-order valence-electron chi connectivity index (χ1n) is 7.51. The summed E-state index contributed by atoms with van der Waals surface area (Å²) in [5.41, 5.74) is 0.611. The molecule has 0 bridgehead atoms. The fourth-order valence-corrected chi connectivity index (χ4v) is 3.56. The lowest BCUT2D eigenvalue weighted by molar-refractivity contribution is -0.119. The van der Waals surface area contributed by atoms with Crippen LogP contribution in [-0.4, -0.2) is 29.3 Å². The standard InChI is InChI=1S/C18H12ClF2NO3S/c19-13-9-12(5-6-14(13)21)22-17(24)15(10-1-3-11(20)4-2-10)16(18(22)25)26-8-7-23/h1-6,9,23H,7-8H2. The molecular weight excluding hydrogens is 384 g/mol. The molecule has 0 saturated heterocycles. The molecule has 2 aromatic carbocycles. The molecule has 1 aliphatic rings. The van der Waals surface area contributed by atoms with Crippen molar-refractivity contribution >= 4 is 46.4 Å². The minimum absolute atomic E-state index is 0.105. The van der Waals surface area contributed by atoms with Gasteiger partial charge in [-0.05, 0) is 35.9 Å². The number of nitrogens with zero attached hydrogens (tertiary/aromatic N) is 1. The number of carbonyl (C=O) groups excluding carboxylic acids is 2. The highest BCUT2D eigenvalue weighted by Crippen LogP contribution is 2.39. The van der Waals surface area contributed by atoms with E-state index < -0.39 is 23.4 Å². The van der Waals surface area contributed by atoms with Crippen molar-refractivity contribution in [3.8, 4) is 0 Å². The molecule has 0 aliphatic carbocycles. The number of aliphatic hydroxyl groups is 1. The number of benzene rings is 2. The second-order valence-corrected chi connectivity index (χ2v) is 6.84. The van der Waals surface area contributed by atoms with Gasteiger partial charge in [-0.15, -0.1) is 11.8 Å². The van der Waals surface area contributed by atoms with Gasteiger partial charge in [-0.25, -0.2) is 13.7 Å². The van der Waals surface area contributed by atoms with Gasteiger partial charge in [-0.1, -0.05) is 23.7 Å². The Labute approximate surface area is 157 Å². The van der Waals surface area contributed by atoms with E-state index in [4.69, 9.17) is 16.7 Å². The van der Waals surface area contributed by atoms with Gasteiger partial charge < -0.3 is 5.11 Å². The van der Waals surface area contributed by atoms with Crippen LogP contribution in [0.1, 0.15) is 5.56 Å². The Kier molecular flexibility index (Phi) is 5.41. The summed E-state index contributed by atoms with van der Waals surface area (Å²) < 4.78 is 26.6. The highest BCUT2D eigenvalue weighted by Gasteiger charge is 2.40. The number of hydrogen-bond donors (Lipinski definition) is 1. The molecule has 8 heteroatoms.